The number of halogens is 2. The highest BCUT2D eigenvalue weighted by molar-refractivity contribution is 7.89. The molecular formula is C25H25F2N3O4S. The summed E-state index contributed by atoms with van der Waals surface area (Å²) in [5, 5.41) is 6.67. The lowest BCUT2D eigenvalue weighted by atomic mass is 9.97. The van der Waals surface area contributed by atoms with Gasteiger partial charge in [-0.1, -0.05) is 17.3 Å². The Bertz CT molecular complexity index is 1380. The smallest absolute Gasteiger partial charge is 0.248 e. The second-order valence-corrected chi connectivity index (χ2v) is 10.4. The summed E-state index contributed by atoms with van der Waals surface area (Å²) in [4.78, 5) is 12.6. The number of aromatic nitrogens is 1. The zero-order valence-corrected chi connectivity index (χ0v) is 20.1. The molecule has 0 unspecified atom stereocenters. The molecule has 0 atom stereocenters. The van der Waals surface area contributed by atoms with Crippen molar-refractivity contribution in [3.63, 3.8) is 0 Å². The molecule has 1 aliphatic rings. The second kappa shape index (κ2) is 10.1. The van der Waals surface area contributed by atoms with Gasteiger partial charge in [0.1, 0.15) is 17.3 Å². The summed E-state index contributed by atoms with van der Waals surface area (Å²) < 4.78 is 60.4. The van der Waals surface area contributed by atoms with Crippen LogP contribution in [0.15, 0.2) is 51.9 Å². The van der Waals surface area contributed by atoms with Gasteiger partial charge in [-0.3, -0.25) is 4.79 Å². The third-order valence-electron chi connectivity index (χ3n) is 5.92. The Hall–Kier alpha value is -3.37. The first-order valence-corrected chi connectivity index (χ1v) is 12.6. The number of nitrogens with zero attached hydrogens (tertiary/aromatic N) is 2. The molecule has 4 rings (SSSR count). The lowest BCUT2D eigenvalue weighted by Gasteiger charge is -2.30. The van der Waals surface area contributed by atoms with Gasteiger partial charge in [0.2, 0.25) is 15.9 Å². The van der Waals surface area contributed by atoms with E-state index >= 15 is 0 Å². The first-order chi connectivity index (χ1) is 16.6. The van der Waals surface area contributed by atoms with Crippen LogP contribution in [0.4, 0.5) is 14.5 Å². The Morgan fingerprint density at radius 1 is 1.11 bits per heavy atom. The fraction of sp³-hybridized carbons (Fsp3) is 0.280. The predicted molar refractivity (Wildman–Crippen MR) is 128 cm³/mol. The normalized spacial score (nSPS) is 15.5. The summed E-state index contributed by atoms with van der Waals surface area (Å²) in [6.45, 7) is 3.77. The van der Waals surface area contributed by atoms with Crippen LogP contribution in [-0.2, 0) is 14.8 Å². The zero-order valence-electron chi connectivity index (χ0n) is 19.3. The van der Waals surface area contributed by atoms with Crippen molar-refractivity contribution < 1.29 is 26.5 Å². The number of hydrogen-bond acceptors (Lipinski definition) is 5. The highest BCUT2D eigenvalue weighted by Gasteiger charge is 2.36. The van der Waals surface area contributed by atoms with Gasteiger partial charge in [0.15, 0.2) is 10.7 Å². The van der Waals surface area contributed by atoms with Gasteiger partial charge in [0.25, 0.3) is 0 Å². The van der Waals surface area contributed by atoms with Crippen LogP contribution in [0, 0.1) is 31.4 Å². The van der Waals surface area contributed by atoms with Crippen molar-refractivity contribution in [2.24, 2.45) is 5.92 Å². The molecule has 1 fully saturated rings. The molecule has 184 valence electrons. The average molecular weight is 502 g/mol. The molecule has 0 bridgehead atoms. The molecule has 2 aromatic carbocycles. The monoisotopic (exact) mass is 501 g/mol. The largest absolute Gasteiger partial charge is 0.355 e. The summed E-state index contributed by atoms with van der Waals surface area (Å²) in [6.07, 6.45) is 3.33. The van der Waals surface area contributed by atoms with Gasteiger partial charge in [-0.2, -0.15) is 4.31 Å². The quantitative estimate of drug-likeness (QED) is 0.525. The number of rotatable bonds is 6. The number of carbonyl (C=O) groups excluding carboxylic acids is 1. The molecule has 0 saturated carbocycles. The Kier molecular flexibility index (Phi) is 7.13. The lowest BCUT2D eigenvalue weighted by Crippen LogP contribution is -2.41. The minimum atomic E-state index is -3.97. The second-order valence-electron chi connectivity index (χ2n) is 8.50. The van der Waals surface area contributed by atoms with E-state index in [0.29, 0.717) is 18.5 Å². The molecule has 1 N–H and O–H groups in total. The summed E-state index contributed by atoms with van der Waals surface area (Å²) in [5.41, 5.74) is 1.98. The summed E-state index contributed by atoms with van der Waals surface area (Å²) >= 11 is 0. The van der Waals surface area contributed by atoms with E-state index in [4.69, 9.17) is 4.52 Å². The van der Waals surface area contributed by atoms with Crippen molar-refractivity contribution >= 4 is 33.8 Å². The number of hydrogen-bond donors (Lipinski definition) is 1. The van der Waals surface area contributed by atoms with Crippen molar-refractivity contribution in [1.29, 1.82) is 0 Å². The van der Waals surface area contributed by atoms with Crippen LogP contribution in [0.25, 0.3) is 12.2 Å². The van der Waals surface area contributed by atoms with Crippen LogP contribution in [0.2, 0.25) is 0 Å². The van der Waals surface area contributed by atoms with E-state index in [1.807, 2.05) is 31.2 Å². The maximum Gasteiger partial charge on any atom is 0.248 e. The van der Waals surface area contributed by atoms with E-state index in [-0.39, 0.29) is 46.8 Å². The third-order valence-corrected chi connectivity index (χ3v) is 7.98. The van der Waals surface area contributed by atoms with Crippen LogP contribution >= 0.6 is 0 Å². The standard InChI is InChI=1S/C25H25F2N3O4S/c1-16-4-3-5-21(14-16)28-25(31)19-10-12-30(13-11-19)35(32,33)24-17(2)29-34-23(24)9-7-18-6-8-20(26)15-22(18)27/h3-9,14-15,19H,10-13H2,1-2H3,(H,28,31)/b9-7+. The Balaban J connectivity index is 1.46. The van der Waals surface area contributed by atoms with E-state index in [9.17, 15) is 22.0 Å². The van der Waals surface area contributed by atoms with E-state index < -0.39 is 21.7 Å². The molecule has 3 aromatic rings. The van der Waals surface area contributed by atoms with Gasteiger partial charge in [-0.15, -0.1) is 0 Å². The molecular weight excluding hydrogens is 476 g/mol. The van der Waals surface area contributed by atoms with Crippen LogP contribution in [0.5, 0.6) is 0 Å². The predicted octanol–water partition coefficient (Wildman–Crippen LogP) is 4.78. The Morgan fingerprint density at radius 2 is 1.86 bits per heavy atom. The first-order valence-electron chi connectivity index (χ1n) is 11.1. The number of sulfonamides is 1. The molecule has 1 aromatic heterocycles. The van der Waals surface area contributed by atoms with Crippen molar-refractivity contribution in [2.45, 2.75) is 31.6 Å². The first kappa shape index (κ1) is 24.7. The summed E-state index contributed by atoms with van der Waals surface area (Å²) in [7, 11) is -3.97. The molecule has 0 aliphatic carbocycles. The Labute approximate surface area is 202 Å². The molecule has 35 heavy (non-hydrogen) atoms. The SMILES string of the molecule is Cc1cccc(NC(=O)C2CCN(S(=O)(=O)c3c(C)noc3/C=C/c3ccc(F)cc3F)CC2)c1. The number of anilines is 1. The highest BCUT2D eigenvalue weighted by atomic mass is 32.2. The van der Waals surface area contributed by atoms with E-state index in [1.54, 1.807) is 0 Å². The molecule has 10 heteroatoms. The van der Waals surface area contributed by atoms with Crippen LogP contribution in [0.1, 0.15) is 35.4 Å². The van der Waals surface area contributed by atoms with Gasteiger partial charge in [-0.05, 0) is 68.7 Å². The van der Waals surface area contributed by atoms with Crippen LogP contribution in [-0.4, -0.2) is 36.9 Å². The molecule has 2 heterocycles. The third kappa shape index (κ3) is 5.49. The molecule has 1 saturated heterocycles. The minimum absolute atomic E-state index is 0.0504. The molecule has 0 spiro atoms. The Morgan fingerprint density at radius 3 is 2.54 bits per heavy atom. The number of benzene rings is 2. The number of amides is 1. The topological polar surface area (TPSA) is 92.5 Å². The number of nitrogens with one attached hydrogen (secondary N) is 1. The zero-order chi connectivity index (χ0) is 25.2. The van der Waals surface area contributed by atoms with Gasteiger partial charge in [0, 0.05) is 36.3 Å². The van der Waals surface area contributed by atoms with Gasteiger partial charge >= 0.3 is 0 Å². The van der Waals surface area contributed by atoms with Gasteiger partial charge in [0.05, 0.1) is 0 Å². The fourth-order valence-electron chi connectivity index (χ4n) is 4.06. The van der Waals surface area contributed by atoms with Crippen molar-refractivity contribution in [2.75, 3.05) is 18.4 Å². The summed E-state index contributed by atoms with van der Waals surface area (Å²) in [6, 6.07) is 10.6. The molecule has 1 aliphatic heterocycles. The number of carbonyl (C=O) groups is 1. The maximum atomic E-state index is 13.9. The van der Waals surface area contributed by atoms with E-state index in [1.165, 1.54) is 29.4 Å². The minimum Gasteiger partial charge on any atom is -0.355 e. The number of aryl methyl sites for hydroxylation is 2. The lowest BCUT2D eigenvalue weighted by molar-refractivity contribution is -0.120. The van der Waals surface area contributed by atoms with Crippen LogP contribution < -0.4 is 5.32 Å². The van der Waals surface area contributed by atoms with E-state index in [2.05, 4.69) is 10.5 Å². The van der Waals surface area contributed by atoms with E-state index in [0.717, 1.165) is 17.7 Å². The average Bonchev–Trinajstić information content (AvgIpc) is 3.19. The number of piperidine rings is 1. The fourth-order valence-corrected chi connectivity index (χ4v) is 5.78. The molecule has 1 amide bonds. The van der Waals surface area contributed by atoms with Crippen LogP contribution in [0.3, 0.4) is 0 Å². The van der Waals surface area contributed by atoms with Gasteiger partial charge in [-0.25, -0.2) is 17.2 Å². The van der Waals surface area contributed by atoms with Crippen molar-refractivity contribution in [1.82, 2.24) is 9.46 Å². The molecule has 0 radical (unpaired) electrons. The highest BCUT2D eigenvalue weighted by Crippen LogP contribution is 2.30. The molecule has 7 nitrogen and oxygen atoms in total. The van der Waals surface area contributed by atoms with Gasteiger partial charge < -0.3 is 9.84 Å². The maximum absolute atomic E-state index is 13.9. The van der Waals surface area contributed by atoms with Crippen molar-refractivity contribution in [3.8, 4) is 0 Å². The summed E-state index contributed by atoms with van der Waals surface area (Å²) in [5.74, 6) is -2.00. The van der Waals surface area contributed by atoms with Crippen molar-refractivity contribution in [3.05, 3.63) is 76.7 Å².